The highest BCUT2D eigenvalue weighted by Crippen LogP contribution is 2.46. The van der Waals surface area contributed by atoms with Crippen LogP contribution in [0.4, 0.5) is 5.13 Å². The highest BCUT2D eigenvalue weighted by Gasteiger charge is 2.48. The number of carbonyl (C=O) groups excluding carboxylic acids is 2. The molecule has 1 amide bonds. The van der Waals surface area contributed by atoms with E-state index in [1.165, 1.54) is 54.7 Å². The lowest BCUT2D eigenvalue weighted by Crippen LogP contribution is -2.29. The number of phenols is 1. The van der Waals surface area contributed by atoms with Gasteiger partial charge in [-0.2, -0.15) is 0 Å². The number of methoxy groups -OCH3 is 3. The molecular formula is C27H21ClN2O7S. The summed E-state index contributed by atoms with van der Waals surface area (Å²) in [5.74, 6) is -1.21. The number of aliphatic hydroxyl groups excluding tert-OH is 1. The van der Waals surface area contributed by atoms with Crippen LogP contribution >= 0.6 is 22.9 Å². The van der Waals surface area contributed by atoms with Crippen LogP contribution in [-0.4, -0.2) is 48.2 Å². The molecule has 1 fully saturated rings. The first-order valence-electron chi connectivity index (χ1n) is 11.2. The van der Waals surface area contributed by atoms with Crippen molar-refractivity contribution in [2.75, 3.05) is 26.2 Å². The number of ketones is 1. The second-order valence-electron chi connectivity index (χ2n) is 8.28. The number of Topliss-reactive ketones (excluding diaryl/α,β-unsaturated/α-hetero) is 1. The van der Waals surface area contributed by atoms with Gasteiger partial charge in [-0.25, -0.2) is 4.98 Å². The van der Waals surface area contributed by atoms with Gasteiger partial charge in [0.05, 0.1) is 53.7 Å². The molecule has 1 saturated heterocycles. The number of rotatable bonds is 6. The van der Waals surface area contributed by atoms with Crippen molar-refractivity contribution in [3.63, 3.8) is 0 Å². The van der Waals surface area contributed by atoms with Crippen molar-refractivity contribution in [3.05, 3.63) is 76.3 Å². The molecule has 1 aromatic heterocycles. The van der Waals surface area contributed by atoms with Crippen LogP contribution < -0.4 is 19.1 Å². The van der Waals surface area contributed by atoms with Gasteiger partial charge in [-0.1, -0.05) is 35.1 Å². The molecule has 0 saturated carbocycles. The Morgan fingerprint density at radius 1 is 0.974 bits per heavy atom. The summed E-state index contributed by atoms with van der Waals surface area (Å²) in [5.41, 5.74) is 1.02. The number of hydrogen-bond acceptors (Lipinski definition) is 9. The fourth-order valence-corrected chi connectivity index (χ4v) is 5.57. The molecule has 4 aromatic rings. The Hall–Kier alpha value is -4.28. The number of halogens is 1. The predicted molar refractivity (Wildman–Crippen MR) is 144 cm³/mol. The third kappa shape index (κ3) is 4.17. The minimum Gasteiger partial charge on any atom is -0.508 e. The van der Waals surface area contributed by atoms with Crippen LogP contribution in [0.1, 0.15) is 17.2 Å². The number of aromatic hydroxyl groups is 1. The molecule has 2 heterocycles. The number of carbonyl (C=O) groups is 2. The van der Waals surface area contributed by atoms with E-state index in [0.717, 1.165) is 4.70 Å². The van der Waals surface area contributed by atoms with E-state index < -0.39 is 23.5 Å². The monoisotopic (exact) mass is 552 g/mol. The summed E-state index contributed by atoms with van der Waals surface area (Å²) in [5, 5.41) is 21.9. The van der Waals surface area contributed by atoms with E-state index in [1.807, 2.05) is 0 Å². The molecule has 1 aliphatic rings. The zero-order chi connectivity index (χ0) is 27.1. The number of fused-ring (bicyclic) bond motifs is 1. The topological polar surface area (TPSA) is 118 Å². The SMILES string of the molecule is COc1ccc2nc(N3C(=O)C(=O)/C(=C(/O)c4cc(OC)c(Cl)cc4OC)C3c3ccc(O)cc3)sc2c1. The largest absolute Gasteiger partial charge is 0.508 e. The summed E-state index contributed by atoms with van der Waals surface area (Å²) >= 11 is 7.43. The summed E-state index contributed by atoms with van der Waals surface area (Å²) in [7, 11) is 4.35. The molecule has 11 heteroatoms. The fourth-order valence-electron chi connectivity index (χ4n) is 4.32. The van der Waals surface area contributed by atoms with Crippen molar-refractivity contribution in [1.29, 1.82) is 0 Å². The molecular weight excluding hydrogens is 532 g/mol. The summed E-state index contributed by atoms with van der Waals surface area (Å²) in [6.07, 6.45) is 0. The van der Waals surface area contributed by atoms with Crippen molar-refractivity contribution in [2.24, 2.45) is 0 Å². The zero-order valence-corrected chi connectivity index (χ0v) is 22.0. The lowest BCUT2D eigenvalue weighted by molar-refractivity contribution is -0.132. The minimum atomic E-state index is -1.05. The van der Waals surface area contributed by atoms with Crippen LogP contribution in [0.5, 0.6) is 23.0 Å². The van der Waals surface area contributed by atoms with Gasteiger partial charge in [-0.15, -0.1) is 0 Å². The lowest BCUT2D eigenvalue weighted by Gasteiger charge is -2.23. The fraction of sp³-hybridized carbons (Fsp3) is 0.148. The highest BCUT2D eigenvalue weighted by molar-refractivity contribution is 7.22. The summed E-state index contributed by atoms with van der Waals surface area (Å²) < 4.78 is 16.7. The van der Waals surface area contributed by atoms with Crippen LogP contribution in [0, 0.1) is 0 Å². The number of amides is 1. The molecule has 2 N–H and O–H groups in total. The van der Waals surface area contributed by atoms with E-state index in [9.17, 15) is 19.8 Å². The lowest BCUT2D eigenvalue weighted by atomic mass is 9.95. The average Bonchev–Trinajstić information content (AvgIpc) is 3.45. The van der Waals surface area contributed by atoms with Crippen LogP contribution in [0.15, 0.2) is 60.2 Å². The molecule has 194 valence electrons. The molecule has 0 radical (unpaired) electrons. The summed E-state index contributed by atoms with van der Waals surface area (Å²) in [6.45, 7) is 0. The van der Waals surface area contributed by atoms with Crippen LogP contribution in [0.25, 0.3) is 16.0 Å². The Kier molecular flexibility index (Phi) is 6.60. The Morgan fingerprint density at radius 2 is 1.68 bits per heavy atom. The first-order valence-corrected chi connectivity index (χ1v) is 12.4. The number of thiazole rings is 1. The second kappa shape index (κ2) is 9.88. The van der Waals surface area contributed by atoms with E-state index >= 15 is 0 Å². The van der Waals surface area contributed by atoms with Gasteiger partial charge in [0.25, 0.3) is 5.78 Å². The number of aliphatic hydroxyl groups is 1. The number of phenolic OH excluding ortho intramolecular Hbond substituents is 1. The van der Waals surface area contributed by atoms with Crippen molar-refractivity contribution in [3.8, 4) is 23.0 Å². The maximum absolute atomic E-state index is 13.5. The minimum absolute atomic E-state index is 0.00175. The highest BCUT2D eigenvalue weighted by atomic mass is 35.5. The van der Waals surface area contributed by atoms with Crippen molar-refractivity contribution in [1.82, 2.24) is 4.98 Å². The van der Waals surface area contributed by atoms with Gasteiger partial charge in [0.1, 0.15) is 28.8 Å². The maximum Gasteiger partial charge on any atom is 0.301 e. The first-order chi connectivity index (χ1) is 18.3. The van der Waals surface area contributed by atoms with Crippen LogP contribution in [0.2, 0.25) is 5.02 Å². The van der Waals surface area contributed by atoms with Gasteiger partial charge in [0.15, 0.2) is 5.13 Å². The van der Waals surface area contributed by atoms with Gasteiger partial charge < -0.3 is 24.4 Å². The Balaban J connectivity index is 1.75. The smallest absolute Gasteiger partial charge is 0.301 e. The van der Waals surface area contributed by atoms with E-state index in [0.29, 0.717) is 16.8 Å². The van der Waals surface area contributed by atoms with Crippen LogP contribution in [0.3, 0.4) is 0 Å². The molecule has 38 heavy (non-hydrogen) atoms. The predicted octanol–water partition coefficient (Wildman–Crippen LogP) is 5.31. The van der Waals surface area contributed by atoms with Gasteiger partial charge in [-0.05, 0) is 42.0 Å². The van der Waals surface area contributed by atoms with Crippen molar-refractivity contribution >= 4 is 55.7 Å². The number of ether oxygens (including phenoxy) is 3. The Labute approximate surface area is 226 Å². The average molecular weight is 553 g/mol. The molecule has 5 rings (SSSR count). The van der Waals surface area contributed by atoms with E-state index in [2.05, 4.69) is 4.98 Å². The van der Waals surface area contributed by atoms with Gasteiger partial charge >= 0.3 is 5.91 Å². The number of benzene rings is 3. The standard InChI is InChI=1S/C27H21ClN2O7S/c1-35-15-8-9-18-21(10-15)38-27(29-18)30-23(13-4-6-14(31)7-5-13)22(25(33)26(30)34)24(32)16-11-20(37-3)17(28)12-19(16)36-2/h4-12,23,31-32H,1-3H3/b24-22+. The molecule has 1 unspecified atom stereocenters. The molecule has 0 aliphatic carbocycles. The summed E-state index contributed by atoms with van der Waals surface area (Å²) in [6, 6.07) is 13.1. The van der Waals surface area contributed by atoms with Crippen molar-refractivity contribution in [2.45, 2.75) is 6.04 Å². The van der Waals surface area contributed by atoms with Gasteiger partial charge in [0, 0.05) is 6.07 Å². The number of aromatic nitrogens is 1. The number of anilines is 1. The molecule has 0 spiro atoms. The third-order valence-corrected chi connectivity index (χ3v) is 7.49. The third-order valence-electron chi connectivity index (χ3n) is 6.17. The van der Waals surface area contributed by atoms with E-state index in [4.69, 9.17) is 25.8 Å². The first kappa shape index (κ1) is 25.4. The Bertz CT molecular complexity index is 1610. The van der Waals surface area contributed by atoms with Gasteiger partial charge in [0.2, 0.25) is 0 Å². The quantitative estimate of drug-likeness (QED) is 0.188. The maximum atomic E-state index is 13.5. The number of hydrogen-bond donors (Lipinski definition) is 2. The van der Waals surface area contributed by atoms with Gasteiger partial charge in [-0.3, -0.25) is 14.5 Å². The van der Waals surface area contributed by atoms with E-state index in [1.54, 1.807) is 37.4 Å². The molecule has 3 aromatic carbocycles. The second-order valence-corrected chi connectivity index (χ2v) is 9.69. The zero-order valence-electron chi connectivity index (χ0n) is 20.4. The van der Waals surface area contributed by atoms with E-state index in [-0.39, 0.29) is 38.5 Å². The van der Waals surface area contributed by atoms with Crippen molar-refractivity contribution < 1.29 is 34.0 Å². The van der Waals surface area contributed by atoms with Crippen LogP contribution in [-0.2, 0) is 9.59 Å². The molecule has 9 nitrogen and oxygen atoms in total. The molecule has 1 atom stereocenters. The number of nitrogens with zero attached hydrogens (tertiary/aromatic N) is 2. The molecule has 0 bridgehead atoms. The summed E-state index contributed by atoms with van der Waals surface area (Å²) in [4.78, 5) is 32.8. The Morgan fingerprint density at radius 3 is 2.34 bits per heavy atom. The normalized spacial score (nSPS) is 16.7. The molecule has 1 aliphatic heterocycles.